The van der Waals surface area contributed by atoms with E-state index < -0.39 is 26.6 Å². The highest BCUT2D eigenvalue weighted by atomic mass is 32.2. The van der Waals surface area contributed by atoms with E-state index >= 15 is 0 Å². The van der Waals surface area contributed by atoms with E-state index in [1.54, 1.807) is 18.2 Å². The van der Waals surface area contributed by atoms with Gasteiger partial charge >= 0.3 is 0 Å². The van der Waals surface area contributed by atoms with E-state index in [2.05, 4.69) is 9.97 Å². The van der Waals surface area contributed by atoms with Crippen LogP contribution in [0.15, 0.2) is 59.8 Å². The molecule has 0 spiro atoms. The summed E-state index contributed by atoms with van der Waals surface area (Å²) in [6, 6.07) is 10.1. The maximum absolute atomic E-state index is 14.0. The van der Waals surface area contributed by atoms with E-state index in [-0.39, 0.29) is 18.9 Å². The van der Waals surface area contributed by atoms with Gasteiger partial charge < -0.3 is 4.90 Å². The van der Waals surface area contributed by atoms with Gasteiger partial charge in [0.15, 0.2) is 0 Å². The van der Waals surface area contributed by atoms with E-state index in [4.69, 9.17) is 0 Å². The summed E-state index contributed by atoms with van der Waals surface area (Å²) in [5, 5.41) is 0. The molecule has 0 atom stereocenters. The van der Waals surface area contributed by atoms with E-state index in [1.165, 1.54) is 18.5 Å². The molecule has 1 fully saturated rings. The van der Waals surface area contributed by atoms with Crippen LogP contribution >= 0.6 is 0 Å². The lowest BCUT2D eigenvalue weighted by atomic mass is 10.1. The fraction of sp³-hybridized carbons (Fsp3) is 0.200. The Balaban J connectivity index is 1.51. The van der Waals surface area contributed by atoms with Gasteiger partial charge in [-0.1, -0.05) is 12.1 Å². The standard InChI is InChI=1S/C20H17F3N4O2S/c21-15-3-1-2-14(10-15)18-12-20(25-13-24-18)26-6-8-27(9-7-26)30(28,29)19-11-16(22)4-5-17(19)23/h1-5,10-13H,6-9H2. The van der Waals surface area contributed by atoms with Crippen molar-refractivity contribution in [1.82, 2.24) is 14.3 Å². The Hall–Kier alpha value is -2.98. The van der Waals surface area contributed by atoms with Crippen LogP contribution < -0.4 is 4.90 Å². The van der Waals surface area contributed by atoms with Gasteiger partial charge in [-0.15, -0.1) is 0 Å². The molecule has 0 aliphatic carbocycles. The average Bonchev–Trinajstić information content (AvgIpc) is 2.75. The van der Waals surface area contributed by atoms with Crippen molar-refractivity contribution in [2.24, 2.45) is 0 Å². The summed E-state index contributed by atoms with van der Waals surface area (Å²) < 4.78 is 67.4. The molecular weight excluding hydrogens is 417 g/mol. The Morgan fingerprint density at radius 1 is 0.833 bits per heavy atom. The minimum absolute atomic E-state index is 0.0809. The lowest BCUT2D eigenvalue weighted by molar-refractivity contribution is 0.381. The van der Waals surface area contributed by atoms with Gasteiger partial charge in [0.2, 0.25) is 10.0 Å². The summed E-state index contributed by atoms with van der Waals surface area (Å²) in [6.45, 7) is 0.765. The number of aromatic nitrogens is 2. The third-order valence-electron chi connectivity index (χ3n) is 4.85. The van der Waals surface area contributed by atoms with Crippen LogP contribution in [0.3, 0.4) is 0 Å². The first-order valence-electron chi connectivity index (χ1n) is 9.13. The summed E-state index contributed by atoms with van der Waals surface area (Å²) in [4.78, 5) is 9.58. The van der Waals surface area contributed by atoms with Crippen LogP contribution in [0.5, 0.6) is 0 Å². The molecule has 1 aliphatic heterocycles. The van der Waals surface area contributed by atoms with Crippen LogP contribution in [0.25, 0.3) is 11.3 Å². The molecule has 3 aromatic rings. The highest BCUT2D eigenvalue weighted by Gasteiger charge is 2.31. The van der Waals surface area contributed by atoms with Crippen molar-refractivity contribution in [2.45, 2.75) is 4.90 Å². The molecule has 0 amide bonds. The van der Waals surface area contributed by atoms with Crippen LogP contribution in [-0.2, 0) is 10.0 Å². The van der Waals surface area contributed by atoms with Gasteiger partial charge in [-0.3, -0.25) is 0 Å². The third-order valence-corrected chi connectivity index (χ3v) is 6.76. The van der Waals surface area contributed by atoms with E-state index in [1.807, 2.05) is 4.90 Å². The Kier molecular flexibility index (Phi) is 5.44. The largest absolute Gasteiger partial charge is 0.354 e. The third kappa shape index (κ3) is 4.01. The maximum atomic E-state index is 14.0. The van der Waals surface area contributed by atoms with Gasteiger partial charge in [0.25, 0.3) is 0 Å². The van der Waals surface area contributed by atoms with Crippen molar-refractivity contribution in [3.8, 4) is 11.3 Å². The number of nitrogens with zero attached hydrogens (tertiary/aromatic N) is 4. The van der Waals surface area contributed by atoms with Crippen molar-refractivity contribution < 1.29 is 21.6 Å². The zero-order valence-electron chi connectivity index (χ0n) is 15.7. The molecule has 156 valence electrons. The molecule has 0 bridgehead atoms. The zero-order valence-corrected chi connectivity index (χ0v) is 16.5. The molecule has 30 heavy (non-hydrogen) atoms. The molecule has 4 rings (SSSR count). The fourth-order valence-electron chi connectivity index (χ4n) is 3.30. The summed E-state index contributed by atoms with van der Waals surface area (Å²) in [6.07, 6.45) is 1.36. The summed E-state index contributed by atoms with van der Waals surface area (Å²) >= 11 is 0. The number of benzene rings is 2. The first kappa shape index (κ1) is 20.3. The number of hydrogen-bond acceptors (Lipinski definition) is 5. The van der Waals surface area contributed by atoms with Crippen molar-refractivity contribution in [1.29, 1.82) is 0 Å². The molecule has 2 aromatic carbocycles. The minimum Gasteiger partial charge on any atom is -0.354 e. The number of anilines is 1. The first-order valence-corrected chi connectivity index (χ1v) is 10.6. The Labute approximate surface area is 171 Å². The number of sulfonamides is 1. The molecule has 6 nitrogen and oxygen atoms in total. The Morgan fingerprint density at radius 3 is 2.30 bits per heavy atom. The SMILES string of the molecule is O=S(=O)(c1cc(F)ccc1F)N1CCN(c2cc(-c3cccc(F)c3)ncn2)CC1. The predicted molar refractivity (Wildman–Crippen MR) is 105 cm³/mol. The molecule has 0 N–H and O–H groups in total. The van der Waals surface area contributed by atoms with Crippen molar-refractivity contribution >= 4 is 15.8 Å². The molecule has 1 aromatic heterocycles. The summed E-state index contributed by atoms with van der Waals surface area (Å²) in [5.41, 5.74) is 1.14. The van der Waals surface area contributed by atoms with Gasteiger partial charge in [-0.25, -0.2) is 31.6 Å². The maximum Gasteiger partial charge on any atom is 0.246 e. The molecule has 1 saturated heterocycles. The Morgan fingerprint density at radius 2 is 1.57 bits per heavy atom. The van der Waals surface area contributed by atoms with Gasteiger partial charge in [-0.2, -0.15) is 4.31 Å². The summed E-state index contributed by atoms with van der Waals surface area (Å²) in [7, 11) is -4.16. The number of hydrogen-bond donors (Lipinski definition) is 0. The number of halogens is 3. The molecular formula is C20H17F3N4O2S. The van der Waals surface area contributed by atoms with Crippen LogP contribution in [0.1, 0.15) is 0 Å². The number of rotatable bonds is 4. The van der Waals surface area contributed by atoms with Crippen LogP contribution in [-0.4, -0.2) is 48.9 Å². The second-order valence-corrected chi connectivity index (χ2v) is 8.64. The minimum atomic E-state index is -4.16. The van der Waals surface area contributed by atoms with Gasteiger partial charge in [0.05, 0.1) is 5.69 Å². The topological polar surface area (TPSA) is 66.4 Å². The highest BCUT2D eigenvalue weighted by Crippen LogP contribution is 2.25. The van der Waals surface area contributed by atoms with Gasteiger partial charge in [0, 0.05) is 37.8 Å². The van der Waals surface area contributed by atoms with Crippen LogP contribution in [0, 0.1) is 17.5 Å². The van der Waals surface area contributed by atoms with E-state index in [9.17, 15) is 21.6 Å². The van der Waals surface area contributed by atoms with Crippen molar-refractivity contribution in [3.05, 3.63) is 72.3 Å². The van der Waals surface area contributed by atoms with E-state index in [0.717, 1.165) is 16.4 Å². The summed E-state index contributed by atoms with van der Waals surface area (Å²) in [5.74, 6) is -1.62. The fourth-order valence-corrected chi connectivity index (χ4v) is 4.80. The lowest BCUT2D eigenvalue weighted by Gasteiger charge is -2.34. The second-order valence-electron chi connectivity index (χ2n) is 6.74. The molecule has 0 saturated carbocycles. The van der Waals surface area contributed by atoms with Crippen molar-refractivity contribution in [3.63, 3.8) is 0 Å². The zero-order chi connectivity index (χ0) is 21.3. The molecule has 10 heteroatoms. The molecule has 2 heterocycles. The lowest BCUT2D eigenvalue weighted by Crippen LogP contribution is -2.49. The monoisotopic (exact) mass is 434 g/mol. The molecule has 0 unspecified atom stereocenters. The normalized spacial score (nSPS) is 15.4. The highest BCUT2D eigenvalue weighted by molar-refractivity contribution is 7.89. The first-order chi connectivity index (χ1) is 14.3. The molecule has 0 radical (unpaired) electrons. The average molecular weight is 434 g/mol. The molecule has 1 aliphatic rings. The van der Waals surface area contributed by atoms with Gasteiger partial charge in [-0.05, 0) is 30.3 Å². The Bertz CT molecular complexity index is 1180. The smallest absolute Gasteiger partial charge is 0.246 e. The second kappa shape index (κ2) is 8.04. The van der Waals surface area contributed by atoms with Gasteiger partial charge in [0.1, 0.15) is 34.5 Å². The van der Waals surface area contributed by atoms with Crippen molar-refractivity contribution in [2.75, 3.05) is 31.1 Å². The van der Waals surface area contributed by atoms with E-state index in [0.29, 0.717) is 36.2 Å². The van der Waals surface area contributed by atoms with Crippen LogP contribution in [0.2, 0.25) is 0 Å². The predicted octanol–water partition coefficient (Wildman–Crippen LogP) is 3.07. The van der Waals surface area contributed by atoms with Crippen LogP contribution in [0.4, 0.5) is 19.0 Å². The quantitative estimate of drug-likeness (QED) is 0.632. The number of piperazine rings is 1.